The SMILES string of the molecule is O=C(Nc1ccc(-c2ccc(N3CCCCCC3)nn2)cc1)c1ccc([N+](=O)[O-])o1. The van der Waals surface area contributed by atoms with Gasteiger partial charge in [0.05, 0.1) is 11.8 Å². The summed E-state index contributed by atoms with van der Waals surface area (Å²) in [6.45, 7) is 2.03. The second-order valence-electron chi connectivity index (χ2n) is 7.10. The van der Waals surface area contributed by atoms with E-state index in [9.17, 15) is 14.9 Å². The topological polar surface area (TPSA) is 114 Å². The van der Waals surface area contributed by atoms with E-state index in [0.717, 1.165) is 36.2 Å². The van der Waals surface area contributed by atoms with Gasteiger partial charge in [0.15, 0.2) is 11.6 Å². The van der Waals surface area contributed by atoms with Crippen LogP contribution in [-0.4, -0.2) is 34.1 Å². The van der Waals surface area contributed by atoms with E-state index in [2.05, 4.69) is 20.4 Å². The molecule has 1 aromatic carbocycles. The fourth-order valence-corrected chi connectivity index (χ4v) is 3.41. The number of nitro groups is 1. The largest absolute Gasteiger partial charge is 0.433 e. The van der Waals surface area contributed by atoms with Crippen molar-refractivity contribution in [3.63, 3.8) is 0 Å². The monoisotopic (exact) mass is 407 g/mol. The first kappa shape index (κ1) is 19.6. The molecule has 0 bridgehead atoms. The Hall–Kier alpha value is -3.75. The number of benzene rings is 1. The van der Waals surface area contributed by atoms with Crippen LogP contribution in [0.25, 0.3) is 11.3 Å². The zero-order valence-electron chi connectivity index (χ0n) is 16.3. The Morgan fingerprint density at radius 1 is 0.967 bits per heavy atom. The molecule has 0 atom stereocenters. The van der Waals surface area contributed by atoms with Crippen LogP contribution < -0.4 is 10.2 Å². The van der Waals surface area contributed by atoms with E-state index in [1.165, 1.54) is 31.7 Å². The van der Waals surface area contributed by atoms with Gasteiger partial charge in [0.25, 0.3) is 5.91 Å². The number of rotatable bonds is 5. The molecule has 9 nitrogen and oxygen atoms in total. The third kappa shape index (κ3) is 4.45. The molecule has 0 unspecified atom stereocenters. The van der Waals surface area contributed by atoms with Crippen molar-refractivity contribution in [2.75, 3.05) is 23.3 Å². The summed E-state index contributed by atoms with van der Waals surface area (Å²) in [4.78, 5) is 24.4. The summed E-state index contributed by atoms with van der Waals surface area (Å²) in [5, 5.41) is 22.0. The molecule has 0 saturated carbocycles. The molecule has 30 heavy (non-hydrogen) atoms. The minimum Gasteiger partial charge on any atom is -0.395 e. The van der Waals surface area contributed by atoms with Crippen molar-refractivity contribution < 1.29 is 14.1 Å². The molecule has 2 aromatic heterocycles. The highest BCUT2D eigenvalue weighted by atomic mass is 16.6. The molecule has 154 valence electrons. The summed E-state index contributed by atoms with van der Waals surface area (Å²) in [7, 11) is 0. The molecule has 3 aromatic rings. The van der Waals surface area contributed by atoms with Crippen LogP contribution in [0.4, 0.5) is 17.4 Å². The van der Waals surface area contributed by atoms with Gasteiger partial charge in [-0.15, -0.1) is 10.2 Å². The molecular formula is C21H21N5O4. The van der Waals surface area contributed by atoms with Crippen LogP contribution in [-0.2, 0) is 0 Å². The van der Waals surface area contributed by atoms with Crippen molar-refractivity contribution in [1.82, 2.24) is 10.2 Å². The van der Waals surface area contributed by atoms with Crippen LogP contribution in [0.1, 0.15) is 36.2 Å². The van der Waals surface area contributed by atoms with Crippen molar-refractivity contribution in [3.05, 3.63) is 64.4 Å². The number of hydrogen-bond acceptors (Lipinski definition) is 7. The van der Waals surface area contributed by atoms with Crippen molar-refractivity contribution in [3.8, 4) is 11.3 Å². The predicted molar refractivity (Wildman–Crippen MR) is 111 cm³/mol. The first-order valence-corrected chi connectivity index (χ1v) is 9.85. The summed E-state index contributed by atoms with van der Waals surface area (Å²) in [5.41, 5.74) is 2.15. The summed E-state index contributed by atoms with van der Waals surface area (Å²) in [6, 6.07) is 13.5. The van der Waals surface area contributed by atoms with E-state index < -0.39 is 16.7 Å². The van der Waals surface area contributed by atoms with E-state index in [4.69, 9.17) is 4.42 Å². The van der Waals surface area contributed by atoms with Gasteiger partial charge in [-0.1, -0.05) is 25.0 Å². The number of anilines is 2. The Labute approximate surface area is 172 Å². The minimum atomic E-state index is -0.690. The molecule has 1 saturated heterocycles. The number of nitrogens with one attached hydrogen (secondary N) is 1. The zero-order chi connectivity index (χ0) is 20.9. The van der Waals surface area contributed by atoms with Crippen molar-refractivity contribution in [2.45, 2.75) is 25.7 Å². The normalized spacial score (nSPS) is 14.2. The first-order chi connectivity index (χ1) is 14.6. The van der Waals surface area contributed by atoms with E-state index in [1.54, 1.807) is 12.1 Å². The first-order valence-electron chi connectivity index (χ1n) is 9.85. The Bertz CT molecular complexity index is 1020. The molecule has 1 amide bonds. The van der Waals surface area contributed by atoms with Crippen molar-refractivity contribution in [1.29, 1.82) is 0 Å². The fraction of sp³-hybridized carbons (Fsp3) is 0.286. The average Bonchev–Trinajstić information content (AvgIpc) is 3.11. The number of carbonyl (C=O) groups is 1. The maximum absolute atomic E-state index is 12.2. The van der Waals surface area contributed by atoms with Gasteiger partial charge < -0.3 is 14.6 Å². The average molecular weight is 407 g/mol. The van der Waals surface area contributed by atoms with Gasteiger partial charge in [0, 0.05) is 24.3 Å². The maximum atomic E-state index is 12.2. The molecule has 1 aliphatic rings. The summed E-state index contributed by atoms with van der Waals surface area (Å²) >= 11 is 0. The Morgan fingerprint density at radius 2 is 1.70 bits per heavy atom. The van der Waals surface area contributed by atoms with Gasteiger partial charge in [-0.3, -0.25) is 14.9 Å². The van der Waals surface area contributed by atoms with Gasteiger partial charge in [0.2, 0.25) is 0 Å². The van der Waals surface area contributed by atoms with Crippen LogP contribution in [0.15, 0.2) is 52.9 Å². The highest BCUT2D eigenvalue weighted by Crippen LogP contribution is 2.23. The van der Waals surface area contributed by atoms with Gasteiger partial charge >= 0.3 is 5.88 Å². The van der Waals surface area contributed by atoms with Gasteiger partial charge in [-0.25, -0.2) is 0 Å². The highest BCUT2D eigenvalue weighted by Gasteiger charge is 2.17. The molecule has 9 heteroatoms. The molecule has 3 heterocycles. The van der Waals surface area contributed by atoms with Gasteiger partial charge in [0.1, 0.15) is 4.92 Å². The molecule has 4 rings (SSSR count). The molecule has 1 fully saturated rings. The number of aromatic nitrogens is 2. The lowest BCUT2D eigenvalue weighted by atomic mass is 10.1. The number of hydrogen-bond donors (Lipinski definition) is 1. The standard InChI is InChI=1S/C21H21N5O4/c27-21(18-10-12-20(30-18)26(28)29)22-16-7-5-15(6-8-16)17-9-11-19(24-23-17)25-13-3-1-2-4-14-25/h5-12H,1-4,13-14H2,(H,22,27). The fourth-order valence-electron chi connectivity index (χ4n) is 3.41. The maximum Gasteiger partial charge on any atom is 0.433 e. The number of amides is 1. The quantitative estimate of drug-likeness (QED) is 0.496. The van der Waals surface area contributed by atoms with E-state index >= 15 is 0 Å². The van der Waals surface area contributed by atoms with Crippen LogP contribution in [0.5, 0.6) is 0 Å². The minimum absolute atomic E-state index is 0.124. The van der Waals surface area contributed by atoms with Gasteiger partial charge in [-0.2, -0.15) is 0 Å². The van der Waals surface area contributed by atoms with Crippen LogP contribution in [0.3, 0.4) is 0 Å². The lowest BCUT2D eigenvalue weighted by Gasteiger charge is -2.20. The van der Waals surface area contributed by atoms with Gasteiger partial charge in [-0.05, 0) is 43.2 Å². The second-order valence-corrected chi connectivity index (χ2v) is 7.10. The lowest BCUT2D eigenvalue weighted by molar-refractivity contribution is -0.402. The molecule has 0 aliphatic carbocycles. The smallest absolute Gasteiger partial charge is 0.395 e. The number of carbonyl (C=O) groups excluding carboxylic acids is 1. The highest BCUT2D eigenvalue weighted by molar-refractivity contribution is 6.02. The summed E-state index contributed by atoms with van der Waals surface area (Å²) in [6.07, 6.45) is 4.90. The summed E-state index contributed by atoms with van der Waals surface area (Å²) < 4.78 is 4.91. The Morgan fingerprint density at radius 3 is 2.30 bits per heavy atom. The van der Waals surface area contributed by atoms with E-state index in [0.29, 0.717) is 5.69 Å². The molecule has 1 aliphatic heterocycles. The third-order valence-electron chi connectivity index (χ3n) is 5.01. The Balaban J connectivity index is 1.41. The second kappa shape index (κ2) is 8.73. The molecule has 1 N–H and O–H groups in total. The lowest BCUT2D eigenvalue weighted by Crippen LogP contribution is -2.25. The van der Waals surface area contributed by atoms with Crippen LogP contribution >= 0.6 is 0 Å². The molecule has 0 spiro atoms. The molecule has 0 radical (unpaired) electrons. The number of furan rings is 1. The van der Waals surface area contributed by atoms with Crippen molar-refractivity contribution >= 4 is 23.3 Å². The zero-order valence-corrected chi connectivity index (χ0v) is 16.3. The van der Waals surface area contributed by atoms with Crippen LogP contribution in [0.2, 0.25) is 0 Å². The Kier molecular flexibility index (Phi) is 5.69. The predicted octanol–water partition coefficient (Wildman–Crippen LogP) is 4.28. The van der Waals surface area contributed by atoms with Crippen molar-refractivity contribution in [2.24, 2.45) is 0 Å². The summed E-state index contributed by atoms with van der Waals surface area (Å²) in [5.74, 6) is -0.257. The van der Waals surface area contributed by atoms with E-state index in [-0.39, 0.29) is 5.76 Å². The molecular weight excluding hydrogens is 386 g/mol. The van der Waals surface area contributed by atoms with Crippen LogP contribution in [0, 0.1) is 10.1 Å². The van der Waals surface area contributed by atoms with E-state index in [1.807, 2.05) is 24.3 Å². The third-order valence-corrected chi connectivity index (χ3v) is 5.01. The number of nitrogens with zero attached hydrogens (tertiary/aromatic N) is 4.